The van der Waals surface area contributed by atoms with Crippen molar-refractivity contribution in [1.82, 2.24) is 4.90 Å². The molecular formula is C24H24FNO4. The van der Waals surface area contributed by atoms with E-state index in [1.165, 1.54) is 12.1 Å². The molecule has 2 aromatic rings. The number of carboxylic acid groups (broad SMARTS) is 1. The van der Waals surface area contributed by atoms with E-state index in [9.17, 15) is 14.0 Å². The Balaban J connectivity index is 1.39. The van der Waals surface area contributed by atoms with Gasteiger partial charge in [-0.05, 0) is 41.8 Å². The maximum Gasteiger partial charge on any atom is 0.328 e. The molecule has 0 saturated carbocycles. The van der Waals surface area contributed by atoms with Gasteiger partial charge in [0, 0.05) is 38.6 Å². The zero-order valence-corrected chi connectivity index (χ0v) is 16.6. The van der Waals surface area contributed by atoms with Crippen LogP contribution in [0.3, 0.4) is 0 Å². The Bertz CT molecular complexity index is 992. The summed E-state index contributed by atoms with van der Waals surface area (Å²) in [5.41, 5.74) is 1.41. The third-order valence-corrected chi connectivity index (χ3v) is 5.95. The highest BCUT2D eigenvalue weighted by atomic mass is 19.1. The van der Waals surface area contributed by atoms with Gasteiger partial charge >= 0.3 is 5.97 Å². The fourth-order valence-electron chi connectivity index (χ4n) is 4.23. The number of ether oxygens (including phenoxy) is 1. The SMILES string of the molecule is O=C(O)/C=C/c1ccc2c(c1)C(=O)CC1(CCN(CCc3ccccc3F)CC1)O2. The predicted octanol–water partition coefficient (Wildman–Crippen LogP) is 3.97. The van der Waals surface area contributed by atoms with Gasteiger partial charge in [0.15, 0.2) is 5.78 Å². The summed E-state index contributed by atoms with van der Waals surface area (Å²) in [6.45, 7) is 2.38. The Kier molecular flexibility index (Phi) is 5.68. The first-order valence-corrected chi connectivity index (χ1v) is 10.2. The van der Waals surface area contributed by atoms with Crippen LogP contribution in [0.5, 0.6) is 5.75 Å². The number of nitrogens with zero attached hydrogens (tertiary/aromatic N) is 1. The lowest BCUT2D eigenvalue weighted by molar-refractivity contribution is -0.131. The highest BCUT2D eigenvalue weighted by molar-refractivity contribution is 6.01. The molecule has 2 heterocycles. The Morgan fingerprint density at radius 2 is 1.97 bits per heavy atom. The number of fused-ring (bicyclic) bond motifs is 1. The van der Waals surface area contributed by atoms with Gasteiger partial charge in [-0.15, -0.1) is 0 Å². The van der Waals surface area contributed by atoms with Gasteiger partial charge in [-0.25, -0.2) is 9.18 Å². The topological polar surface area (TPSA) is 66.8 Å². The van der Waals surface area contributed by atoms with Crippen molar-refractivity contribution in [2.24, 2.45) is 0 Å². The number of carbonyl (C=O) groups is 2. The first-order chi connectivity index (χ1) is 14.4. The molecule has 2 aromatic carbocycles. The number of likely N-dealkylation sites (tertiary alicyclic amines) is 1. The molecule has 4 rings (SSSR count). The van der Waals surface area contributed by atoms with Crippen molar-refractivity contribution in [2.75, 3.05) is 19.6 Å². The van der Waals surface area contributed by atoms with Crippen molar-refractivity contribution in [3.05, 3.63) is 71.0 Å². The van der Waals surface area contributed by atoms with Crippen molar-refractivity contribution >= 4 is 17.8 Å². The van der Waals surface area contributed by atoms with Crippen molar-refractivity contribution < 1.29 is 23.8 Å². The summed E-state index contributed by atoms with van der Waals surface area (Å²) in [6.07, 6.45) is 5.00. The van der Waals surface area contributed by atoms with Crippen LogP contribution in [0, 0.1) is 5.82 Å². The molecule has 0 radical (unpaired) electrons. The van der Waals surface area contributed by atoms with Gasteiger partial charge in [0.1, 0.15) is 17.2 Å². The van der Waals surface area contributed by atoms with E-state index in [1.807, 2.05) is 12.1 Å². The minimum atomic E-state index is -1.03. The third kappa shape index (κ3) is 4.44. The summed E-state index contributed by atoms with van der Waals surface area (Å²) in [5.74, 6) is -0.599. The molecule has 6 heteroatoms. The molecule has 30 heavy (non-hydrogen) atoms. The van der Waals surface area contributed by atoms with Crippen LogP contribution in [0.15, 0.2) is 48.5 Å². The summed E-state index contributed by atoms with van der Waals surface area (Å²) in [6, 6.07) is 12.1. The highest BCUT2D eigenvalue weighted by Gasteiger charge is 2.42. The molecule has 156 valence electrons. The smallest absolute Gasteiger partial charge is 0.328 e. The maximum absolute atomic E-state index is 13.8. The van der Waals surface area contributed by atoms with E-state index in [4.69, 9.17) is 9.84 Å². The van der Waals surface area contributed by atoms with Gasteiger partial charge in [-0.2, -0.15) is 0 Å². The fraction of sp³-hybridized carbons (Fsp3) is 0.333. The van der Waals surface area contributed by atoms with E-state index in [2.05, 4.69) is 4.90 Å². The molecule has 0 aliphatic carbocycles. The van der Waals surface area contributed by atoms with E-state index >= 15 is 0 Å². The van der Waals surface area contributed by atoms with Crippen LogP contribution in [0.25, 0.3) is 6.08 Å². The molecule has 1 fully saturated rings. The molecule has 1 spiro atoms. The molecular weight excluding hydrogens is 385 g/mol. The Labute approximate surface area is 174 Å². The van der Waals surface area contributed by atoms with Gasteiger partial charge in [0.2, 0.25) is 0 Å². The summed E-state index contributed by atoms with van der Waals surface area (Å²) in [4.78, 5) is 25.8. The van der Waals surface area contributed by atoms with Gasteiger partial charge in [0.25, 0.3) is 0 Å². The molecule has 0 amide bonds. The van der Waals surface area contributed by atoms with Crippen LogP contribution >= 0.6 is 0 Å². The summed E-state index contributed by atoms with van der Waals surface area (Å²) in [5, 5.41) is 8.77. The zero-order chi connectivity index (χ0) is 21.1. The fourth-order valence-corrected chi connectivity index (χ4v) is 4.23. The van der Waals surface area contributed by atoms with Crippen LogP contribution in [0.1, 0.15) is 40.7 Å². The molecule has 0 unspecified atom stereocenters. The lowest BCUT2D eigenvalue weighted by Gasteiger charge is -2.44. The number of ketones is 1. The van der Waals surface area contributed by atoms with Crippen LogP contribution in [-0.2, 0) is 11.2 Å². The second-order valence-electron chi connectivity index (χ2n) is 8.00. The highest BCUT2D eigenvalue weighted by Crippen LogP contribution is 2.39. The first kappa shape index (κ1) is 20.3. The van der Waals surface area contributed by atoms with Crippen molar-refractivity contribution in [3.8, 4) is 5.75 Å². The number of halogens is 1. The maximum atomic E-state index is 13.8. The number of carbonyl (C=O) groups excluding carboxylic acids is 1. The number of rotatable bonds is 5. The number of Topliss-reactive ketones (excluding diaryl/α,β-unsaturated/α-hetero) is 1. The Morgan fingerprint density at radius 1 is 1.20 bits per heavy atom. The minimum Gasteiger partial charge on any atom is -0.486 e. The molecule has 0 aromatic heterocycles. The van der Waals surface area contributed by atoms with Gasteiger partial charge in [-0.3, -0.25) is 4.79 Å². The van der Waals surface area contributed by atoms with E-state index in [0.29, 0.717) is 29.7 Å². The summed E-state index contributed by atoms with van der Waals surface area (Å²) in [7, 11) is 0. The van der Waals surface area contributed by atoms with Crippen molar-refractivity contribution in [3.63, 3.8) is 0 Å². The number of hydrogen-bond acceptors (Lipinski definition) is 4. The standard InChI is InChI=1S/C24H24FNO4/c25-20-4-2-1-3-18(20)9-12-26-13-10-24(11-14-26)16-21(27)19-15-17(6-8-23(28)29)5-7-22(19)30-24/h1-8,15H,9-14,16H2,(H,28,29)/b8-6+. The van der Waals surface area contributed by atoms with E-state index in [1.54, 1.807) is 24.3 Å². The number of benzene rings is 2. The number of carboxylic acids is 1. The van der Waals surface area contributed by atoms with Crippen molar-refractivity contribution in [2.45, 2.75) is 31.3 Å². The first-order valence-electron chi connectivity index (χ1n) is 10.2. The predicted molar refractivity (Wildman–Crippen MR) is 111 cm³/mol. The molecule has 0 atom stereocenters. The molecule has 1 saturated heterocycles. The van der Waals surface area contributed by atoms with Crippen LogP contribution in [-0.4, -0.2) is 47.0 Å². The normalized spacial score (nSPS) is 18.4. The van der Waals surface area contributed by atoms with Gasteiger partial charge < -0.3 is 14.7 Å². The second-order valence-corrected chi connectivity index (χ2v) is 8.00. The quantitative estimate of drug-likeness (QED) is 0.757. The average molecular weight is 409 g/mol. The Hall–Kier alpha value is -2.99. The minimum absolute atomic E-state index is 0.0293. The zero-order valence-electron chi connectivity index (χ0n) is 16.6. The lowest BCUT2D eigenvalue weighted by atomic mass is 9.82. The molecule has 0 bridgehead atoms. The third-order valence-electron chi connectivity index (χ3n) is 5.95. The number of aliphatic carboxylic acids is 1. The molecule has 2 aliphatic rings. The molecule has 2 aliphatic heterocycles. The number of piperidine rings is 1. The largest absolute Gasteiger partial charge is 0.486 e. The molecule has 5 nitrogen and oxygen atoms in total. The van der Waals surface area contributed by atoms with Crippen LogP contribution < -0.4 is 4.74 Å². The number of hydrogen-bond donors (Lipinski definition) is 1. The van der Waals surface area contributed by atoms with E-state index in [-0.39, 0.29) is 11.6 Å². The van der Waals surface area contributed by atoms with Crippen LogP contribution in [0.2, 0.25) is 0 Å². The van der Waals surface area contributed by atoms with Crippen molar-refractivity contribution in [1.29, 1.82) is 0 Å². The van der Waals surface area contributed by atoms with E-state index < -0.39 is 11.6 Å². The average Bonchev–Trinajstić information content (AvgIpc) is 2.73. The van der Waals surface area contributed by atoms with E-state index in [0.717, 1.165) is 44.1 Å². The van der Waals surface area contributed by atoms with Crippen LogP contribution in [0.4, 0.5) is 4.39 Å². The molecule has 1 N–H and O–H groups in total. The lowest BCUT2D eigenvalue weighted by Crippen LogP contribution is -2.51. The summed E-state index contributed by atoms with van der Waals surface area (Å²) < 4.78 is 20.1. The second kappa shape index (κ2) is 8.40. The monoisotopic (exact) mass is 409 g/mol. The van der Waals surface area contributed by atoms with Gasteiger partial charge in [0.05, 0.1) is 12.0 Å². The Morgan fingerprint density at radius 3 is 2.70 bits per heavy atom. The van der Waals surface area contributed by atoms with Gasteiger partial charge in [-0.1, -0.05) is 24.3 Å². The summed E-state index contributed by atoms with van der Waals surface area (Å²) >= 11 is 0.